The highest BCUT2D eigenvalue weighted by Gasteiger charge is 2.42. The summed E-state index contributed by atoms with van der Waals surface area (Å²) in [7, 11) is 1.63. The number of nitrogens with zero attached hydrogens (tertiary/aromatic N) is 1. The van der Waals surface area contributed by atoms with Gasteiger partial charge in [-0.05, 0) is 59.9 Å². The molecule has 1 aliphatic carbocycles. The second kappa shape index (κ2) is 5.78. The van der Waals surface area contributed by atoms with Gasteiger partial charge in [0.15, 0.2) is 0 Å². The molecule has 0 unspecified atom stereocenters. The van der Waals surface area contributed by atoms with E-state index >= 15 is 0 Å². The maximum absolute atomic E-state index is 9.36. The van der Waals surface area contributed by atoms with Crippen molar-refractivity contribution in [2.24, 2.45) is 11.1 Å². The molecule has 21 heavy (non-hydrogen) atoms. The Morgan fingerprint density at radius 3 is 2.38 bits per heavy atom. The lowest BCUT2D eigenvalue weighted by Crippen LogP contribution is -2.05. The summed E-state index contributed by atoms with van der Waals surface area (Å²) in [5, 5.41) is 13.6. The van der Waals surface area contributed by atoms with Crippen molar-refractivity contribution in [3.63, 3.8) is 0 Å². The summed E-state index contributed by atoms with van der Waals surface area (Å²) in [6.45, 7) is 0. The highest BCUT2D eigenvalue weighted by atomic mass is 35.5. The molecule has 4 heteroatoms. The molecule has 2 aromatic rings. The molecular weight excluding hydrogens is 286 g/mol. The maximum Gasteiger partial charge on any atom is 0.118 e. The smallest absolute Gasteiger partial charge is 0.118 e. The number of halogens is 1. The van der Waals surface area contributed by atoms with E-state index in [9.17, 15) is 5.21 Å². The number of ether oxygens (including phenoxy) is 1. The number of hydrogen-bond donors (Lipinski definition) is 1. The summed E-state index contributed by atoms with van der Waals surface area (Å²) in [5.74, 6) is 1.45. The maximum atomic E-state index is 9.36. The fraction of sp³-hybridized carbons (Fsp3) is 0.235. The minimum Gasteiger partial charge on any atom is -0.497 e. The Labute approximate surface area is 128 Å². The molecule has 0 radical (unpaired) electrons. The number of rotatable bonds is 4. The Kier molecular flexibility index (Phi) is 3.84. The summed E-state index contributed by atoms with van der Waals surface area (Å²) in [5.41, 5.74) is 2.90. The molecule has 3 nitrogen and oxygen atoms in total. The van der Waals surface area contributed by atoms with Crippen LogP contribution in [0.15, 0.2) is 53.7 Å². The lowest BCUT2D eigenvalue weighted by Gasteiger charge is -2.06. The molecule has 0 aliphatic heterocycles. The molecule has 108 valence electrons. The molecule has 3 rings (SSSR count). The molecule has 0 aromatic heterocycles. The predicted octanol–water partition coefficient (Wildman–Crippen LogP) is 4.33. The molecule has 1 fully saturated rings. The van der Waals surface area contributed by atoms with E-state index in [1.165, 1.54) is 5.56 Å². The van der Waals surface area contributed by atoms with Gasteiger partial charge < -0.3 is 9.94 Å². The van der Waals surface area contributed by atoms with E-state index in [4.69, 9.17) is 16.3 Å². The van der Waals surface area contributed by atoms with Gasteiger partial charge in [-0.15, -0.1) is 0 Å². The molecule has 0 amide bonds. The van der Waals surface area contributed by atoms with E-state index in [1.807, 2.05) is 48.5 Å². The Balaban J connectivity index is 1.78. The third-order valence-corrected chi connectivity index (χ3v) is 4.19. The molecule has 0 saturated heterocycles. The van der Waals surface area contributed by atoms with Crippen LogP contribution >= 0.6 is 11.6 Å². The second-order valence-corrected chi connectivity index (χ2v) is 5.65. The predicted molar refractivity (Wildman–Crippen MR) is 83.6 cm³/mol. The minimum atomic E-state index is 0.254. The normalized spacial score (nSPS) is 21.1. The summed E-state index contributed by atoms with van der Waals surface area (Å²) in [4.78, 5) is 0. The van der Waals surface area contributed by atoms with Crippen LogP contribution in [0.3, 0.4) is 0 Å². The average Bonchev–Trinajstić information content (AvgIpc) is 3.30. The molecule has 0 spiro atoms. The van der Waals surface area contributed by atoms with Crippen molar-refractivity contribution in [2.45, 2.75) is 12.3 Å². The monoisotopic (exact) mass is 301 g/mol. The third kappa shape index (κ3) is 2.88. The Morgan fingerprint density at radius 2 is 1.81 bits per heavy atom. The third-order valence-electron chi connectivity index (χ3n) is 3.93. The van der Waals surface area contributed by atoms with Crippen LogP contribution in [0, 0.1) is 5.92 Å². The van der Waals surface area contributed by atoms with Crippen LogP contribution in [-0.2, 0) is 0 Å². The lowest BCUT2D eigenvalue weighted by molar-refractivity contribution is 0.317. The lowest BCUT2D eigenvalue weighted by atomic mass is 10.0. The van der Waals surface area contributed by atoms with Gasteiger partial charge in [-0.25, -0.2) is 0 Å². The zero-order valence-corrected chi connectivity index (χ0v) is 12.4. The van der Waals surface area contributed by atoms with Gasteiger partial charge in [0.2, 0.25) is 0 Å². The Hall–Kier alpha value is -2.00. The quantitative estimate of drug-likeness (QED) is 0.519. The molecular formula is C17H16ClNO2. The van der Waals surface area contributed by atoms with E-state index < -0.39 is 0 Å². The number of hydrogen-bond acceptors (Lipinski definition) is 3. The van der Waals surface area contributed by atoms with Crippen molar-refractivity contribution in [3.8, 4) is 5.75 Å². The topological polar surface area (TPSA) is 41.8 Å². The molecule has 2 aromatic carbocycles. The summed E-state index contributed by atoms with van der Waals surface area (Å²) < 4.78 is 5.15. The van der Waals surface area contributed by atoms with Crippen LogP contribution in [0.4, 0.5) is 0 Å². The van der Waals surface area contributed by atoms with E-state index in [1.54, 1.807) is 7.11 Å². The molecule has 0 heterocycles. The average molecular weight is 302 g/mol. The first kappa shape index (κ1) is 14.0. The van der Waals surface area contributed by atoms with Crippen molar-refractivity contribution in [1.29, 1.82) is 0 Å². The molecule has 1 N–H and O–H groups in total. The van der Waals surface area contributed by atoms with Gasteiger partial charge >= 0.3 is 0 Å². The zero-order valence-electron chi connectivity index (χ0n) is 11.7. The summed E-state index contributed by atoms with van der Waals surface area (Å²) >= 11 is 5.91. The summed E-state index contributed by atoms with van der Waals surface area (Å²) in [6, 6.07) is 15.5. The minimum absolute atomic E-state index is 0.254. The van der Waals surface area contributed by atoms with Gasteiger partial charge in [0, 0.05) is 10.9 Å². The van der Waals surface area contributed by atoms with Gasteiger partial charge in [0.05, 0.1) is 12.8 Å². The second-order valence-electron chi connectivity index (χ2n) is 5.21. The first-order valence-corrected chi connectivity index (χ1v) is 7.22. The van der Waals surface area contributed by atoms with E-state index in [-0.39, 0.29) is 5.92 Å². The molecule has 2 atom stereocenters. The standard InChI is InChI=1S/C17H16ClNO2/c1-21-14-8-4-12(5-9-14)17(19-20)16-10-15(16)11-2-6-13(18)7-3-11/h2-9,15-16,20H,10H2,1H3/b19-17-/t15-,16-/m1/s1. The summed E-state index contributed by atoms with van der Waals surface area (Å²) in [6.07, 6.45) is 0.993. The van der Waals surface area contributed by atoms with Crippen LogP contribution in [-0.4, -0.2) is 18.0 Å². The first-order chi connectivity index (χ1) is 10.2. The van der Waals surface area contributed by atoms with Gasteiger partial charge in [-0.2, -0.15) is 0 Å². The SMILES string of the molecule is COc1ccc(/C(=N/O)[C@@H]2C[C@@H]2c2ccc(Cl)cc2)cc1. The van der Waals surface area contributed by atoms with Crippen molar-refractivity contribution in [2.75, 3.05) is 7.11 Å². The number of benzene rings is 2. The van der Waals surface area contributed by atoms with Crippen LogP contribution in [0.5, 0.6) is 5.75 Å². The highest BCUT2D eigenvalue weighted by molar-refractivity contribution is 6.30. The van der Waals surface area contributed by atoms with Crippen molar-refractivity contribution in [1.82, 2.24) is 0 Å². The Bertz CT molecular complexity index is 649. The Morgan fingerprint density at radius 1 is 1.14 bits per heavy atom. The largest absolute Gasteiger partial charge is 0.497 e. The van der Waals surface area contributed by atoms with Crippen LogP contribution in [0.1, 0.15) is 23.5 Å². The van der Waals surface area contributed by atoms with Crippen LogP contribution in [0.2, 0.25) is 5.02 Å². The highest BCUT2D eigenvalue weighted by Crippen LogP contribution is 2.49. The van der Waals surface area contributed by atoms with Gasteiger partial charge in [-0.1, -0.05) is 28.9 Å². The van der Waals surface area contributed by atoms with Gasteiger partial charge in [0.1, 0.15) is 5.75 Å². The fourth-order valence-electron chi connectivity index (χ4n) is 2.68. The van der Waals surface area contributed by atoms with Crippen LogP contribution < -0.4 is 4.74 Å². The van der Waals surface area contributed by atoms with Crippen molar-refractivity contribution >= 4 is 17.3 Å². The van der Waals surface area contributed by atoms with Gasteiger partial charge in [-0.3, -0.25) is 0 Å². The van der Waals surface area contributed by atoms with E-state index in [0.29, 0.717) is 5.92 Å². The van der Waals surface area contributed by atoms with E-state index in [0.717, 1.165) is 28.5 Å². The first-order valence-electron chi connectivity index (χ1n) is 6.84. The molecule has 1 saturated carbocycles. The fourth-order valence-corrected chi connectivity index (χ4v) is 2.81. The van der Waals surface area contributed by atoms with Crippen molar-refractivity contribution in [3.05, 3.63) is 64.7 Å². The zero-order chi connectivity index (χ0) is 14.8. The number of oxime groups is 1. The molecule has 1 aliphatic rings. The molecule has 0 bridgehead atoms. The van der Waals surface area contributed by atoms with Gasteiger partial charge in [0.25, 0.3) is 0 Å². The van der Waals surface area contributed by atoms with E-state index in [2.05, 4.69) is 5.16 Å². The van der Waals surface area contributed by atoms with Crippen LogP contribution in [0.25, 0.3) is 0 Å². The number of methoxy groups -OCH3 is 1. The van der Waals surface area contributed by atoms with Crippen molar-refractivity contribution < 1.29 is 9.94 Å².